The lowest BCUT2D eigenvalue weighted by Crippen LogP contribution is -2.19. The number of carbonyl (C=O) groups excluding carboxylic acids is 1. The number of nitrogens with zero attached hydrogens (tertiary/aromatic N) is 3. The van der Waals surface area contributed by atoms with Crippen LogP contribution in [0.15, 0.2) is 40.9 Å². The third kappa shape index (κ3) is 5.01. The van der Waals surface area contributed by atoms with E-state index in [-0.39, 0.29) is 18.2 Å². The van der Waals surface area contributed by atoms with Gasteiger partial charge in [-0.25, -0.2) is 9.78 Å². The Balaban J connectivity index is 1.64. The van der Waals surface area contributed by atoms with Gasteiger partial charge in [0.1, 0.15) is 17.3 Å². The van der Waals surface area contributed by atoms with Gasteiger partial charge in [-0.1, -0.05) is 11.6 Å². The monoisotopic (exact) mass is 550 g/mol. The minimum Gasteiger partial charge on any atom is -0.493 e. The first-order chi connectivity index (χ1) is 18.7. The molecule has 0 bridgehead atoms. The molecular formula is C27H27ClN6O5. The van der Waals surface area contributed by atoms with Gasteiger partial charge in [-0.15, -0.1) is 5.06 Å². The molecule has 3 heterocycles. The molecule has 5 aromatic rings. The van der Waals surface area contributed by atoms with Crippen LogP contribution in [0.1, 0.15) is 32.9 Å². The number of nitrogens with one attached hydrogen (secondary N) is 1. The number of fused-ring (bicyclic) bond motifs is 2. The molecule has 0 fully saturated rings. The molecule has 202 valence electrons. The number of rotatable bonds is 8. The normalized spacial score (nSPS) is 11.4. The number of anilines is 2. The fourth-order valence-electron chi connectivity index (χ4n) is 4.58. The van der Waals surface area contributed by atoms with Crippen molar-refractivity contribution < 1.29 is 23.5 Å². The Bertz CT molecular complexity index is 1710. The van der Waals surface area contributed by atoms with Gasteiger partial charge in [-0.3, -0.25) is 0 Å². The summed E-state index contributed by atoms with van der Waals surface area (Å²) in [6.07, 6.45) is 2.26. The Labute approximate surface area is 228 Å². The van der Waals surface area contributed by atoms with E-state index < -0.39 is 5.97 Å². The van der Waals surface area contributed by atoms with Gasteiger partial charge in [-0.2, -0.15) is 4.98 Å². The van der Waals surface area contributed by atoms with Gasteiger partial charge >= 0.3 is 5.97 Å². The number of hydrogen-bond acceptors (Lipinski definition) is 10. The van der Waals surface area contributed by atoms with E-state index in [4.69, 9.17) is 41.8 Å². The molecule has 0 radical (unpaired) electrons. The fourth-order valence-corrected chi connectivity index (χ4v) is 4.75. The first-order valence-electron chi connectivity index (χ1n) is 11.9. The molecule has 11 nitrogen and oxygen atoms in total. The Morgan fingerprint density at radius 1 is 1.08 bits per heavy atom. The van der Waals surface area contributed by atoms with E-state index in [2.05, 4.69) is 15.0 Å². The van der Waals surface area contributed by atoms with Crippen LogP contribution in [-0.2, 0) is 17.7 Å². The van der Waals surface area contributed by atoms with E-state index in [1.165, 1.54) is 5.06 Å². The number of H-pyrrole nitrogens is 1. The maximum atomic E-state index is 13.0. The minimum absolute atomic E-state index is 0.0988. The number of nitrogens with two attached hydrogens (primary N) is 2. The molecule has 2 aromatic carbocycles. The molecule has 0 saturated heterocycles. The summed E-state index contributed by atoms with van der Waals surface area (Å²) in [5.41, 5.74) is 15.6. The van der Waals surface area contributed by atoms with Crippen LogP contribution in [0.4, 0.5) is 11.8 Å². The molecule has 0 saturated carbocycles. The van der Waals surface area contributed by atoms with Gasteiger partial charge in [0.05, 0.1) is 14.2 Å². The molecule has 12 heteroatoms. The molecule has 3 aromatic heterocycles. The SMILES string of the molecule is COc1cc(Cc2cnc(N)nc2N)c2cc(Cc3c(C(=O)ON(C)C)[nH]c4ccc(Cl)cc34)oc2c1OC. The highest BCUT2D eigenvalue weighted by atomic mass is 35.5. The average Bonchev–Trinajstić information content (AvgIpc) is 3.47. The van der Waals surface area contributed by atoms with Gasteiger partial charge < -0.3 is 35.2 Å². The number of methoxy groups -OCH3 is 2. The number of furan rings is 1. The van der Waals surface area contributed by atoms with Crippen LogP contribution in [0.25, 0.3) is 21.9 Å². The number of aromatic amines is 1. The smallest absolute Gasteiger partial charge is 0.373 e. The first-order valence-corrected chi connectivity index (χ1v) is 12.3. The number of aromatic nitrogens is 3. The standard InChI is InChI=1S/C27H27ClN6O5/c1-34(2)39-26(35)22-19(18-9-15(28)5-6-20(18)32-22)11-16-10-17-13(7-14-12-31-27(30)33-25(14)29)8-21(36-3)24(37-4)23(17)38-16/h5-6,8-10,12,32H,7,11H2,1-4H3,(H4,29,30,31,33). The molecule has 0 atom stereocenters. The summed E-state index contributed by atoms with van der Waals surface area (Å²) in [5.74, 6) is 1.37. The van der Waals surface area contributed by atoms with Gasteiger partial charge in [0.2, 0.25) is 11.7 Å². The number of benzene rings is 2. The molecule has 0 amide bonds. The van der Waals surface area contributed by atoms with E-state index >= 15 is 0 Å². The van der Waals surface area contributed by atoms with Crippen LogP contribution in [-0.4, -0.2) is 54.3 Å². The van der Waals surface area contributed by atoms with Crippen molar-refractivity contribution in [3.05, 3.63) is 69.7 Å². The van der Waals surface area contributed by atoms with Crippen molar-refractivity contribution >= 4 is 51.2 Å². The van der Waals surface area contributed by atoms with Gasteiger partial charge in [0.25, 0.3) is 0 Å². The Hall–Kier alpha value is -4.48. The van der Waals surface area contributed by atoms with Crippen molar-refractivity contribution in [3.63, 3.8) is 0 Å². The zero-order valence-electron chi connectivity index (χ0n) is 21.8. The number of nitrogen functional groups attached to an aromatic ring is 2. The third-order valence-electron chi connectivity index (χ3n) is 6.27. The van der Waals surface area contributed by atoms with Crippen molar-refractivity contribution in [1.82, 2.24) is 20.0 Å². The van der Waals surface area contributed by atoms with E-state index in [1.807, 2.05) is 18.2 Å². The molecule has 39 heavy (non-hydrogen) atoms. The zero-order valence-corrected chi connectivity index (χ0v) is 22.5. The van der Waals surface area contributed by atoms with Crippen molar-refractivity contribution in [2.75, 3.05) is 39.8 Å². The number of carbonyl (C=O) groups is 1. The highest BCUT2D eigenvalue weighted by Crippen LogP contribution is 2.41. The van der Waals surface area contributed by atoms with Crippen molar-refractivity contribution in [3.8, 4) is 11.5 Å². The number of hydrogen-bond donors (Lipinski definition) is 3. The summed E-state index contributed by atoms with van der Waals surface area (Å²) in [6.45, 7) is 0. The van der Waals surface area contributed by atoms with E-state index in [0.29, 0.717) is 51.1 Å². The van der Waals surface area contributed by atoms with Gasteiger partial charge in [-0.05, 0) is 35.9 Å². The average molecular weight is 551 g/mol. The Morgan fingerprint density at radius 2 is 1.87 bits per heavy atom. The minimum atomic E-state index is -0.530. The predicted molar refractivity (Wildman–Crippen MR) is 148 cm³/mol. The van der Waals surface area contributed by atoms with Crippen LogP contribution in [0.2, 0.25) is 5.02 Å². The van der Waals surface area contributed by atoms with E-state index in [9.17, 15) is 4.79 Å². The molecule has 5 N–H and O–H groups in total. The van der Waals surface area contributed by atoms with Gasteiger partial charge in [0.15, 0.2) is 11.3 Å². The summed E-state index contributed by atoms with van der Waals surface area (Å²) in [7, 11) is 6.37. The highest BCUT2D eigenvalue weighted by molar-refractivity contribution is 6.31. The molecule has 0 aliphatic rings. The second-order valence-corrected chi connectivity index (χ2v) is 9.51. The largest absolute Gasteiger partial charge is 0.493 e. The summed E-state index contributed by atoms with van der Waals surface area (Å²) < 4.78 is 17.6. The summed E-state index contributed by atoms with van der Waals surface area (Å²) in [4.78, 5) is 29.6. The third-order valence-corrected chi connectivity index (χ3v) is 6.51. The van der Waals surface area contributed by atoms with Crippen LogP contribution in [0.3, 0.4) is 0 Å². The Morgan fingerprint density at radius 3 is 2.56 bits per heavy atom. The second kappa shape index (κ2) is 10.4. The van der Waals surface area contributed by atoms with Crippen LogP contribution >= 0.6 is 11.6 Å². The van der Waals surface area contributed by atoms with Crippen molar-refractivity contribution in [2.45, 2.75) is 12.8 Å². The summed E-state index contributed by atoms with van der Waals surface area (Å²) in [5, 5.41) is 3.44. The summed E-state index contributed by atoms with van der Waals surface area (Å²) in [6, 6.07) is 9.14. The Kier molecular flexibility index (Phi) is 6.94. The number of halogens is 1. The molecule has 0 aliphatic carbocycles. The fraction of sp³-hybridized carbons (Fsp3) is 0.222. The zero-order chi connectivity index (χ0) is 27.8. The first kappa shape index (κ1) is 26.1. The maximum absolute atomic E-state index is 13.0. The second-order valence-electron chi connectivity index (χ2n) is 9.08. The predicted octanol–water partition coefficient (Wildman–Crippen LogP) is 4.35. The molecular weight excluding hydrogens is 524 g/mol. The van der Waals surface area contributed by atoms with Crippen LogP contribution in [0, 0.1) is 0 Å². The molecule has 5 rings (SSSR count). The highest BCUT2D eigenvalue weighted by Gasteiger charge is 2.24. The molecule has 0 aliphatic heterocycles. The van der Waals surface area contributed by atoms with Crippen molar-refractivity contribution in [1.29, 1.82) is 0 Å². The van der Waals surface area contributed by atoms with Crippen molar-refractivity contribution in [2.24, 2.45) is 0 Å². The van der Waals surface area contributed by atoms with E-state index in [0.717, 1.165) is 21.9 Å². The molecule has 0 spiro atoms. The summed E-state index contributed by atoms with van der Waals surface area (Å²) >= 11 is 6.30. The lowest BCUT2D eigenvalue weighted by atomic mass is 10.0. The van der Waals surface area contributed by atoms with Crippen LogP contribution in [0.5, 0.6) is 11.5 Å². The van der Waals surface area contributed by atoms with Crippen LogP contribution < -0.4 is 20.9 Å². The lowest BCUT2D eigenvalue weighted by molar-refractivity contribution is -0.0718. The topological polar surface area (TPSA) is 155 Å². The molecule has 0 unspecified atom stereocenters. The van der Waals surface area contributed by atoms with Gasteiger partial charge in [0, 0.05) is 65.6 Å². The van der Waals surface area contributed by atoms with E-state index in [1.54, 1.807) is 46.6 Å². The maximum Gasteiger partial charge on any atom is 0.373 e. The number of hydroxylamine groups is 2. The number of ether oxygens (including phenoxy) is 2. The quantitative estimate of drug-likeness (QED) is 0.237. The lowest BCUT2D eigenvalue weighted by Gasteiger charge is -2.12.